The molecule has 3 aliphatic rings. The number of aromatic nitrogens is 1. The summed E-state index contributed by atoms with van der Waals surface area (Å²) in [6, 6.07) is 21.4. The maximum Gasteiger partial charge on any atom is 0.251 e. The van der Waals surface area contributed by atoms with Crippen molar-refractivity contribution in [3.8, 4) is 0 Å². The predicted molar refractivity (Wildman–Crippen MR) is 122 cm³/mol. The number of anilines is 1. The Morgan fingerprint density at radius 1 is 1.03 bits per heavy atom. The summed E-state index contributed by atoms with van der Waals surface area (Å²) in [6.07, 6.45) is 7.54. The van der Waals surface area contributed by atoms with E-state index in [2.05, 4.69) is 58.1 Å². The van der Waals surface area contributed by atoms with Crippen molar-refractivity contribution in [2.24, 2.45) is 17.8 Å². The number of nitrogens with zero attached hydrogens (tertiary/aromatic N) is 1. The first-order chi connectivity index (χ1) is 15.3. The standard InChI is InChI=1S/C27H27N3O/c31-27(29-16-17-5-4-12-28-15-17)21-10-11-23-22(14-21)24-19-8-9-20(13-19)25(24)26(30-23)18-6-2-1-3-7-18/h1-7,10-12,14-15,19-20,24-26,30H,8-9,13,16H2,(H,29,31)/t19-,20-,24-,25-,26+/m0/s1. The van der Waals surface area contributed by atoms with Crippen LogP contribution in [0.3, 0.4) is 0 Å². The van der Waals surface area contributed by atoms with Gasteiger partial charge in [-0.25, -0.2) is 0 Å². The van der Waals surface area contributed by atoms with Gasteiger partial charge in [-0.15, -0.1) is 0 Å². The van der Waals surface area contributed by atoms with Crippen LogP contribution in [0.1, 0.15) is 58.3 Å². The van der Waals surface area contributed by atoms with Crippen LogP contribution >= 0.6 is 0 Å². The van der Waals surface area contributed by atoms with Gasteiger partial charge in [-0.2, -0.15) is 0 Å². The molecule has 1 aromatic heterocycles. The topological polar surface area (TPSA) is 54.0 Å². The predicted octanol–water partition coefficient (Wildman–Crippen LogP) is 5.31. The third kappa shape index (κ3) is 3.21. The van der Waals surface area contributed by atoms with Crippen LogP contribution in [0.2, 0.25) is 0 Å². The zero-order valence-corrected chi connectivity index (χ0v) is 17.5. The summed E-state index contributed by atoms with van der Waals surface area (Å²) in [5, 5.41) is 6.90. The van der Waals surface area contributed by atoms with E-state index in [9.17, 15) is 4.79 Å². The van der Waals surface area contributed by atoms with Crippen molar-refractivity contribution in [3.63, 3.8) is 0 Å². The first-order valence-electron chi connectivity index (χ1n) is 11.4. The van der Waals surface area contributed by atoms with E-state index in [-0.39, 0.29) is 5.91 Å². The number of carbonyl (C=O) groups excluding carboxylic acids is 1. The molecule has 4 nitrogen and oxygen atoms in total. The largest absolute Gasteiger partial charge is 0.378 e. The van der Waals surface area contributed by atoms with Crippen molar-refractivity contribution >= 4 is 11.6 Å². The molecule has 2 aromatic carbocycles. The van der Waals surface area contributed by atoms with Gasteiger partial charge in [0.05, 0.1) is 6.04 Å². The second-order valence-electron chi connectivity index (χ2n) is 9.32. The van der Waals surface area contributed by atoms with Crippen LogP contribution in [0.4, 0.5) is 5.69 Å². The quantitative estimate of drug-likeness (QED) is 0.614. The Bertz CT molecular complexity index is 1100. The summed E-state index contributed by atoms with van der Waals surface area (Å²) in [6.45, 7) is 0.495. The number of rotatable bonds is 4. The summed E-state index contributed by atoms with van der Waals surface area (Å²) in [5.74, 6) is 2.67. The number of carbonyl (C=O) groups is 1. The molecule has 5 atom stereocenters. The molecule has 6 rings (SSSR count). The number of nitrogens with one attached hydrogen (secondary N) is 2. The van der Waals surface area contributed by atoms with Crippen LogP contribution in [0, 0.1) is 17.8 Å². The molecular formula is C27H27N3O. The molecule has 0 unspecified atom stereocenters. The van der Waals surface area contributed by atoms with E-state index in [1.165, 1.54) is 36.1 Å². The lowest BCUT2D eigenvalue weighted by Crippen LogP contribution is -2.35. The van der Waals surface area contributed by atoms with E-state index in [1.54, 1.807) is 12.4 Å². The molecule has 4 heteroatoms. The molecule has 3 aromatic rings. The maximum atomic E-state index is 12.9. The lowest BCUT2D eigenvalue weighted by atomic mass is 9.68. The van der Waals surface area contributed by atoms with E-state index < -0.39 is 0 Å². The fourth-order valence-corrected chi connectivity index (χ4v) is 6.40. The van der Waals surface area contributed by atoms with Gasteiger partial charge >= 0.3 is 0 Å². The van der Waals surface area contributed by atoms with E-state index in [0.717, 1.165) is 23.0 Å². The molecule has 0 saturated heterocycles. The second kappa shape index (κ2) is 7.52. The van der Waals surface area contributed by atoms with Crippen LogP contribution in [0.5, 0.6) is 0 Å². The van der Waals surface area contributed by atoms with Crippen LogP contribution in [-0.2, 0) is 6.54 Å². The average molecular weight is 410 g/mol. The highest BCUT2D eigenvalue weighted by molar-refractivity contribution is 5.95. The second-order valence-corrected chi connectivity index (χ2v) is 9.32. The number of hydrogen-bond donors (Lipinski definition) is 2. The van der Waals surface area contributed by atoms with Crippen molar-refractivity contribution in [2.75, 3.05) is 5.32 Å². The van der Waals surface area contributed by atoms with Gasteiger partial charge in [-0.1, -0.05) is 36.4 Å². The Labute approximate surface area is 183 Å². The molecule has 2 heterocycles. The summed E-state index contributed by atoms with van der Waals surface area (Å²) < 4.78 is 0. The van der Waals surface area contributed by atoms with Gasteiger partial charge in [-0.3, -0.25) is 9.78 Å². The van der Waals surface area contributed by atoms with Crippen molar-refractivity contribution in [1.29, 1.82) is 0 Å². The first-order valence-corrected chi connectivity index (χ1v) is 11.4. The zero-order chi connectivity index (χ0) is 20.8. The summed E-state index contributed by atoms with van der Waals surface area (Å²) >= 11 is 0. The molecule has 156 valence electrons. The Kier molecular flexibility index (Phi) is 4.52. The van der Waals surface area contributed by atoms with Gasteiger partial charge in [0.25, 0.3) is 5.91 Å². The van der Waals surface area contributed by atoms with Crippen LogP contribution < -0.4 is 10.6 Å². The van der Waals surface area contributed by atoms with Crippen molar-refractivity contribution in [1.82, 2.24) is 10.3 Å². The van der Waals surface area contributed by atoms with Crippen LogP contribution in [0.25, 0.3) is 0 Å². The molecule has 2 bridgehead atoms. The molecule has 31 heavy (non-hydrogen) atoms. The van der Waals surface area contributed by atoms with Crippen molar-refractivity contribution < 1.29 is 4.79 Å². The van der Waals surface area contributed by atoms with Gasteiger partial charge in [-0.05, 0) is 83.9 Å². The molecular weight excluding hydrogens is 382 g/mol. The number of hydrogen-bond acceptors (Lipinski definition) is 3. The lowest BCUT2D eigenvalue weighted by molar-refractivity contribution is 0.0950. The number of amides is 1. The summed E-state index contributed by atoms with van der Waals surface area (Å²) in [4.78, 5) is 17.0. The highest BCUT2D eigenvalue weighted by Crippen LogP contribution is 2.63. The molecule has 2 aliphatic carbocycles. The van der Waals surface area contributed by atoms with Crippen molar-refractivity contribution in [3.05, 3.63) is 95.3 Å². The molecule has 1 aliphatic heterocycles. The van der Waals surface area contributed by atoms with Gasteiger partial charge in [0.2, 0.25) is 0 Å². The third-order valence-corrected chi connectivity index (χ3v) is 7.68. The first kappa shape index (κ1) is 18.6. The molecule has 0 radical (unpaired) electrons. The number of pyridine rings is 1. The summed E-state index contributed by atoms with van der Waals surface area (Å²) in [5.41, 5.74) is 5.69. The number of fused-ring (bicyclic) bond motifs is 7. The monoisotopic (exact) mass is 409 g/mol. The smallest absolute Gasteiger partial charge is 0.251 e. The minimum atomic E-state index is -0.0171. The lowest BCUT2D eigenvalue weighted by Gasteiger charge is -2.43. The Morgan fingerprint density at radius 2 is 1.90 bits per heavy atom. The molecule has 1 amide bonds. The maximum absolute atomic E-state index is 12.9. The van der Waals surface area contributed by atoms with Crippen LogP contribution in [-0.4, -0.2) is 10.9 Å². The highest BCUT2D eigenvalue weighted by Gasteiger charge is 2.53. The molecule has 2 saturated carbocycles. The van der Waals surface area contributed by atoms with E-state index in [0.29, 0.717) is 24.4 Å². The van der Waals surface area contributed by atoms with Gasteiger partial charge in [0.15, 0.2) is 0 Å². The normalized spacial score (nSPS) is 27.8. The Morgan fingerprint density at radius 3 is 2.74 bits per heavy atom. The van der Waals surface area contributed by atoms with E-state index in [1.807, 2.05) is 18.2 Å². The SMILES string of the molecule is O=C(NCc1cccnc1)c1ccc2c(c1)[C@@H]1[C@H]3CC[C@@H](C3)[C@@H]1[C@@H](c1ccccc1)N2. The van der Waals surface area contributed by atoms with E-state index in [4.69, 9.17) is 0 Å². The van der Waals surface area contributed by atoms with Gasteiger partial charge < -0.3 is 10.6 Å². The highest BCUT2D eigenvalue weighted by atomic mass is 16.1. The van der Waals surface area contributed by atoms with Crippen molar-refractivity contribution in [2.45, 2.75) is 37.8 Å². The van der Waals surface area contributed by atoms with Crippen LogP contribution in [0.15, 0.2) is 73.1 Å². The average Bonchev–Trinajstić information content (AvgIpc) is 3.46. The minimum Gasteiger partial charge on any atom is -0.378 e. The Balaban J connectivity index is 1.30. The fraction of sp³-hybridized carbons (Fsp3) is 0.333. The minimum absolute atomic E-state index is 0.0171. The molecule has 2 fully saturated rings. The summed E-state index contributed by atoms with van der Waals surface area (Å²) in [7, 11) is 0. The zero-order valence-electron chi connectivity index (χ0n) is 17.5. The fourth-order valence-electron chi connectivity index (χ4n) is 6.40. The molecule has 2 N–H and O–H groups in total. The van der Waals surface area contributed by atoms with Gasteiger partial charge in [0, 0.05) is 30.2 Å². The van der Waals surface area contributed by atoms with Gasteiger partial charge in [0.1, 0.15) is 0 Å². The molecule has 0 spiro atoms. The van der Waals surface area contributed by atoms with E-state index >= 15 is 0 Å². The number of benzene rings is 2. The third-order valence-electron chi connectivity index (χ3n) is 7.68. The Hall–Kier alpha value is -3.14.